The molecule has 3 saturated heterocycles. The molecular formula is C56H63ClF4N8O7. The Labute approximate surface area is 443 Å². The Morgan fingerprint density at radius 3 is 2.34 bits per heavy atom. The molecule has 1 aliphatic carbocycles. The number of benzene rings is 4. The summed E-state index contributed by atoms with van der Waals surface area (Å²) in [6.07, 6.45) is 5.21. The third kappa shape index (κ3) is 9.76. The van der Waals surface area contributed by atoms with Crippen molar-refractivity contribution in [1.82, 2.24) is 30.2 Å². The maximum Gasteiger partial charge on any atom is 0.329 e. The van der Waals surface area contributed by atoms with Gasteiger partial charge in [-0.3, -0.25) is 29.3 Å². The van der Waals surface area contributed by atoms with Crippen molar-refractivity contribution in [3.63, 3.8) is 0 Å². The van der Waals surface area contributed by atoms with Crippen LogP contribution in [0.3, 0.4) is 0 Å². The fraction of sp³-hybridized carbons (Fsp3) is 0.482. The number of anilines is 1. The van der Waals surface area contributed by atoms with Crippen molar-refractivity contribution in [1.29, 1.82) is 0 Å². The number of fused-ring (bicyclic) bond motifs is 2. The molecule has 20 heteroatoms. The van der Waals surface area contributed by atoms with Crippen LogP contribution in [0.4, 0.5) is 28.2 Å². The summed E-state index contributed by atoms with van der Waals surface area (Å²) in [5.41, 5.74) is 5.32. The van der Waals surface area contributed by atoms with Gasteiger partial charge in [0.15, 0.2) is 28.8 Å². The number of nitrogens with one attached hydrogen (secondary N) is 2. The molecule has 76 heavy (non-hydrogen) atoms. The van der Waals surface area contributed by atoms with E-state index in [2.05, 4.69) is 20.6 Å². The quantitative estimate of drug-likeness (QED) is 0.0790. The molecule has 4 atom stereocenters. The third-order valence-electron chi connectivity index (χ3n) is 16.8. The molecule has 5 aromatic rings. The summed E-state index contributed by atoms with van der Waals surface area (Å²) in [7, 11) is 1.56. The molecule has 10 rings (SSSR count). The van der Waals surface area contributed by atoms with Crippen molar-refractivity contribution in [2.24, 2.45) is 30.5 Å². The summed E-state index contributed by atoms with van der Waals surface area (Å²) >= 11 is 6.72. The van der Waals surface area contributed by atoms with E-state index in [0.717, 1.165) is 37.8 Å². The minimum absolute atomic E-state index is 0.0301. The monoisotopic (exact) mass is 1070 g/mol. The van der Waals surface area contributed by atoms with Gasteiger partial charge in [0.1, 0.15) is 29.5 Å². The Bertz CT molecular complexity index is 3080. The number of likely N-dealkylation sites (tertiary alicyclic amines) is 2. The van der Waals surface area contributed by atoms with Gasteiger partial charge in [-0.25, -0.2) is 22.4 Å². The minimum atomic E-state index is -1.13. The number of carbonyl (C=O) groups excluding carboxylic acids is 4. The van der Waals surface area contributed by atoms with Crippen LogP contribution in [0, 0.1) is 41.0 Å². The number of hydrogen-bond acceptors (Lipinski definition) is 10. The summed E-state index contributed by atoms with van der Waals surface area (Å²) in [4.78, 5) is 56.8. The Kier molecular flexibility index (Phi) is 15.1. The van der Waals surface area contributed by atoms with Gasteiger partial charge >= 0.3 is 6.03 Å². The predicted octanol–water partition coefficient (Wildman–Crippen LogP) is 8.27. The number of nitrogens with two attached hydrogens (primary N) is 1. The average Bonchev–Trinajstić information content (AvgIpc) is 3.88. The Morgan fingerprint density at radius 2 is 1.66 bits per heavy atom. The number of primary amides is 1. The lowest BCUT2D eigenvalue weighted by molar-refractivity contribution is -0.138. The van der Waals surface area contributed by atoms with E-state index in [-0.39, 0.29) is 106 Å². The standard InChI is InChI=1S/C56H63ClF4N8O7/c1-30-27-67(19-17-36(30)45-39(58)25-38-51(50(45)61)66(3)65-53(38)69-22-18-43(71)64-55(69)74)28-32-15-20-68(21-16-32)54(73)33-9-11-35(12-10-33)63-29-56(34-7-5-4-6-8-34)31(2)44-42(76-56)26-40(59)48(57)47(44)46-37(52(62)72)13-14-41(49(46)60)75-24-23-70/h4-8,13-14,25-26,30-33,35-36,63,70H,9-12,15-24,27-29H2,1-3H3,(H2,62,72)(H,64,71,74)/t30-,31+,33?,35?,36+,56+/m1/s1. The van der Waals surface area contributed by atoms with Crippen LogP contribution in [0.1, 0.15) is 104 Å². The molecule has 1 saturated carbocycles. The number of piperidine rings is 2. The van der Waals surface area contributed by atoms with Crippen LogP contribution in [-0.2, 0) is 22.2 Å². The number of aryl methyl sites for hydroxylation is 1. The molecule has 5 heterocycles. The van der Waals surface area contributed by atoms with Gasteiger partial charge in [0.25, 0.3) is 0 Å². The fourth-order valence-corrected chi connectivity index (χ4v) is 13.0. The molecule has 0 radical (unpaired) electrons. The molecule has 5 N–H and O–H groups in total. The maximum absolute atomic E-state index is 16.5. The topological polar surface area (TPSA) is 185 Å². The second kappa shape index (κ2) is 21.6. The van der Waals surface area contributed by atoms with Crippen molar-refractivity contribution in [3.8, 4) is 22.6 Å². The van der Waals surface area contributed by atoms with Crippen molar-refractivity contribution in [2.45, 2.75) is 88.7 Å². The van der Waals surface area contributed by atoms with Crippen molar-refractivity contribution in [2.75, 3.05) is 63.9 Å². The van der Waals surface area contributed by atoms with Crippen LogP contribution in [0.2, 0.25) is 5.02 Å². The molecule has 0 spiro atoms. The van der Waals surface area contributed by atoms with E-state index in [9.17, 15) is 24.3 Å². The number of rotatable bonds is 14. The van der Waals surface area contributed by atoms with Gasteiger partial charge in [-0.2, -0.15) is 5.10 Å². The number of nitrogens with zero attached hydrogens (tertiary/aromatic N) is 5. The third-order valence-corrected chi connectivity index (χ3v) is 17.1. The molecule has 1 aromatic heterocycles. The van der Waals surface area contributed by atoms with Crippen LogP contribution in [0.25, 0.3) is 22.0 Å². The predicted molar refractivity (Wildman–Crippen MR) is 277 cm³/mol. The van der Waals surface area contributed by atoms with E-state index in [4.69, 9.17) is 26.8 Å². The number of aliphatic hydroxyl groups is 1. The van der Waals surface area contributed by atoms with E-state index in [1.165, 1.54) is 33.8 Å². The van der Waals surface area contributed by atoms with Gasteiger partial charge in [0, 0.05) is 98.9 Å². The van der Waals surface area contributed by atoms with E-state index < -0.39 is 64.3 Å². The number of aliphatic hydroxyl groups excluding tert-OH is 1. The largest absolute Gasteiger partial charge is 0.488 e. The van der Waals surface area contributed by atoms with Gasteiger partial charge in [-0.15, -0.1) is 0 Å². The number of ether oxygens (including phenoxy) is 2. The number of imide groups is 1. The summed E-state index contributed by atoms with van der Waals surface area (Å²) in [5.74, 6) is -5.17. The average molecular weight is 1070 g/mol. The zero-order valence-corrected chi connectivity index (χ0v) is 43.5. The molecule has 404 valence electrons. The van der Waals surface area contributed by atoms with E-state index in [1.807, 2.05) is 49.1 Å². The molecule has 4 aliphatic heterocycles. The molecule has 15 nitrogen and oxygen atoms in total. The van der Waals surface area contributed by atoms with Gasteiger partial charge in [0.05, 0.1) is 22.6 Å². The second-order valence-electron chi connectivity index (χ2n) is 21.3. The van der Waals surface area contributed by atoms with E-state index >= 15 is 17.6 Å². The summed E-state index contributed by atoms with van der Waals surface area (Å²) in [5, 5.41) is 19.5. The molecule has 4 aromatic carbocycles. The molecule has 4 fully saturated rings. The van der Waals surface area contributed by atoms with Crippen LogP contribution in [0.5, 0.6) is 11.5 Å². The first kappa shape index (κ1) is 53.1. The first-order chi connectivity index (χ1) is 36.5. The maximum atomic E-state index is 16.5. The lowest BCUT2D eigenvalue weighted by Gasteiger charge is -2.41. The SMILES string of the molecule is C[C@@H]1CN(CC2CCN(C(=O)C3CCC(NC[C@]4(c5ccccc5)Oc5cc(F)c(Cl)c(-c6c(C(N)=O)ccc(OCCO)c6F)c5[C@@H]4C)CC3)CC2)CC[C@@H]1c1c(F)cc2c(N3CCC(=O)NC3=O)nn(C)c2c1F. The van der Waals surface area contributed by atoms with Crippen LogP contribution in [-0.4, -0.2) is 114 Å². The highest BCUT2D eigenvalue weighted by atomic mass is 35.5. The number of halogens is 5. The smallest absolute Gasteiger partial charge is 0.329 e. The number of amides is 5. The highest BCUT2D eigenvalue weighted by molar-refractivity contribution is 6.34. The van der Waals surface area contributed by atoms with Crippen molar-refractivity contribution in [3.05, 3.63) is 105 Å². The first-order valence-electron chi connectivity index (χ1n) is 26.3. The van der Waals surface area contributed by atoms with E-state index in [0.29, 0.717) is 56.9 Å². The van der Waals surface area contributed by atoms with Crippen LogP contribution < -0.4 is 30.7 Å². The fourth-order valence-electron chi connectivity index (χ4n) is 12.8. The summed E-state index contributed by atoms with van der Waals surface area (Å²) in [6, 6.07) is 13.8. The Balaban J connectivity index is 0.746. The molecular weight excluding hydrogens is 1010 g/mol. The van der Waals surface area contributed by atoms with Gasteiger partial charge < -0.3 is 35.4 Å². The van der Waals surface area contributed by atoms with Crippen LogP contribution >= 0.6 is 11.6 Å². The molecule has 5 amide bonds. The molecule has 5 aliphatic rings. The minimum Gasteiger partial charge on any atom is -0.488 e. The second-order valence-corrected chi connectivity index (χ2v) is 21.7. The van der Waals surface area contributed by atoms with Crippen molar-refractivity contribution < 1.29 is 51.3 Å². The number of carbonyl (C=O) groups is 4. The van der Waals surface area contributed by atoms with Crippen molar-refractivity contribution >= 4 is 52.1 Å². The number of aromatic nitrogens is 2. The zero-order chi connectivity index (χ0) is 53.7. The normalized spacial score (nSPS) is 24.4. The molecule has 0 unspecified atom stereocenters. The lowest BCUT2D eigenvalue weighted by atomic mass is 9.77. The van der Waals surface area contributed by atoms with Gasteiger partial charge in [-0.1, -0.05) is 55.8 Å². The Morgan fingerprint density at radius 1 is 0.921 bits per heavy atom. The highest BCUT2D eigenvalue weighted by Crippen LogP contribution is 2.57. The van der Waals surface area contributed by atoms with Gasteiger partial charge in [-0.05, 0) is 93.0 Å². The lowest BCUT2D eigenvalue weighted by Crippen LogP contribution is -2.49. The number of hydrogen-bond donors (Lipinski definition) is 4. The summed E-state index contributed by atoms with van der Waals surface area (Å²) in [6.45, 7) is 7.14. The highest BCUT2D eigenvalue weighted by Gasteiger charge is 2.50. The van der Waals surface area contributed by atoms with E-state index in [1.54, 1.807) is 7.05 Å². The first-order valence-corrected chi connectivity index (χ1v) is 26.7. The zero-order valence-electron chi connectivity index (χ0n) is 42.8. The number of urea groups is 1. The Hall–Kier alpha value is -6.28. The van der Waals surface area contributed by atoms with Crippen LogP contribution in [0.15, 0.2) is 54.6 Å². The van der Waals surface area contributed by atoms with Gasteiger partial charge in [0.2, 0.25) is 17.7 Å². The summed E-state index contributed by atoms with van der Waals surface area (Å²) < 4.78 is 78.4. The molecule has 0 bridgehead atoms.